The highest BCUT2D eigenvalue weighted by Crippen LogP contribution is 2.24. The summed E-state index contributed by atoms with van der Waals surface area (Å²) in [5.74, 6) is -1.55. The third kappa shape index (κ3) is 1.71. The molecule has 4 nitrogen and oxygen atoms in total. The molecule has 1 aliphatic heterocycles. The van der Waals surface area contributed by atoms with Crippen molar-refractivity contribution in [2.45, 2.75) is 25.9 Å². The van der Waals surface area contributed by atoms with Crippen LogP contribution in [0.25, 0.3) is 0 Å². The molecule has 0 spiro atoms. The fourth-order valence-electron chi connectivity index (χ4n) is 0.940. The Labute approximate surface area is 70.8 Å². The number of ether oxygens (including phenoxy) is 1. The molecule has 0 aliphatic carbocycles. The Morgan fingerprint density at radius 1 is 1.67 bits per heavy atom. The van der Waals surface area contributed by atoms with Crippen molar-refractivity contribution < 1.29 is 19.4 Å². The Hall–Kier alpha value is -1.16. The van der Waals surface area contributed by atoms with E-state index in [4.69, 9.17) is 0 Å². The van der Waals surface area contributed by atoms with E-state index in [1.165, 1.54) is 6.08 Å². The van der Waals surface area contributed by atoms with Crippen LogP contribution in [0.3, 0.4) is 0 Å². The van der Waals surface area contributed by atoms with Crippen molar-refractivity contribution in [3.05, 3.63) is 12.7 Å². The largest absolute Gasteiger partial charge is 0.391 e. The van der Waals surface area contributed by atoms with Crippen LogP contribution in [0, 0.1) is 0 Å². The lowest BCUT2D eigenvalue weighted by molar-refractivity contribution is -0.158. The van der Waals surface area contributed by atoms with Crippen LogP contribution >= 0.6 is 0 Å². The number of hydrogen-bond donors (Lipinski definition) is 1. The summed E-state index contributed by atoms with van der Waals surface area (Å²) < 4.78 is 4.15. The highest BCUT2D eigenvalue weighted by molar-refractivity contribution is 5.99. The van der Waals surface area contributed by atoms with Crippen molar-refractivity contribution in [2.75, 3.05) is 0 Å². The number of hydrogen-bond acceptors (Lipinski definition) is 4. The van der Waals surface area contributed by atoms with Gasteiger partial charge in [-0.25, -0.2) is 4.79 Å². The maximum Gasteiger partial charge on any atom is 0.346 e. The predicted octanol–water partition coefficient (Wildman–Crippen LogP) is 0.403. The molecule has 0 aromatic carbocycles. The Balaban J connectivity index is 0.00000121. The quantitative estimate of drug-likeness (QED) is 0.372. The fraction of sp³-hybridized carbons (Fsp3) is 0.500. The van der Waals surface area contributed by atoms with Crippen LogP contribution in [0.1, 0.15) is 20.3 Å². The first-order valence-corrected chi connectivity index (χ1v) is 3.17. The molecule has 1 fully saturated rings. The van der Waals surface area contributed by atoms with E-state index in [0.717, 1.165) is 0 Å². The van der Waals surface area contributed by atoms with E-state index in [2.05, 4.69) is 11.3 Å². The zero-order valence-corrected chi connectivity index (χ0v) is 5.87. The van der Waals surface area contributed by atoms with Gasteiger partial charge in [-0.1, -0.05) is 13.5 Å². The maximum atomic E-state index is 10.8. The molecule has 1 N–H and O–H groups in total. The molecular weight excluding hydrogens is 160 g/mol. The van der Waals surface area contributed by atoms with Gasteiger partial charge in [0.1, 0.15) is 0 Å². The molecule has 0 aromatic rings. The zero-order chi connectivity index (χ0) is 8.48. The molecule has 0 amide bonds. The Morgan fingerprint density at radius 3 is 2.58 bits per heavy atom. The second-order valence-corrected chi connectivity index (χ2v) is 2.46. The van der Waals surface area contributed by atoms with E-state index in [0.29, 0.717) is 0 Å². The van der Waals surface area contributed by atoms with Crippen molar-refractivity contribution in [2.24, 2.45) is 0 Å². The molecule has 1 aliphatic rings. The molecule has 68 valence electrons. The second-order valence-electron chi connectivity index (χ2n) is 2.46. The predicted molar refractivity (Wildman–Crippen MR) is 42.2 cm³/mol. The van der Waals surface area contributed by atoms with Crippen LogP contribution in [0.2, 0.25) is 0 Å². The van der Waals surface area contributed by atoms with Crippen molar-refractivity contribution in [1.29, 1.82) is 0 Å². The third-order valence-corrected chi connectivity index (χ3v) is 1.51. The molecule has 1 heterocycles. The van der Waals surface area contributed by atoms with Crippen LogP contribution in [0.15, 0.2) is 12.7 Å². The Morgan fingerprint density at radius 2 is 2.25 bits per heavy atom. The average molecular weight is 172 g/mol. The normalized spacial score (nSPS) is 27.8. The molecule has 1 rings (SSSR count). The Kier molecular flexibility index (Phi) is 3.15. The van der Waals surface area contributed by atoms with E-state index in [9.17, 15) is 14.7 Å². The van der Waals surface area contributed by atoms with Crippen LogP contribution in [0.4, 0.5) is 0 Å². The molecule has 1 atom stereocenters. The van der Waals surface area contributed by atoms with E-state index in [1.807, 2.05) is 0 Å². The van der Waals surface area contributed by atoms with E-state index in [-0.39, 0.29) is 20.3 Å². The number of carbonyl (C=O) groups is 2. The topological polar surface area (TPSA) is 63.6 Å². The van der Waals surface area contributed by atoms with Gasteiger partial charge in [-0.15, -0.1) is 6.58 Å². The lowest BCUT2D eigenvalue weighted by atomic mass is 9.98. The zero-order valence-electron chi connectivity index (χ0n) is 5.87. The van der Waals surface area contributed by atoms with Crippen LogP contribution in [-0.2, 0) is 14.3 Å². The van der Waals surface area contributed by atoms with Crippen molar-refractivity contribution in [3.63, 3.8) is 0 Å². The monoisotopic (exact) mass is 172 g/mol. The summed E-state index contributed by atoms with van der Waals surface area (Å²) in [6.07, 6.45) is 1.16. The first kappa shape index (κ1) is 10.8. The van der Waals surface area contributed by atoms with Crippen molar-refractivity contribution in [3.8, 4) is 0 Å². The second kappa shape index (κ2) is 3.49. The highest BCUT2D eigenvalue weighted by atomic mass is 16.6. The molecule has 4 heteroatoms. The molecule has 0 aromatic heterocycles. The molecule has 1 saturated heterocycles. The van der Waals surface area contributed by atoms with Gasteiger partial charge in [0.2, 0.25) is 0 Å². The van der Waals surface area contributed by atoms with Gasteiger partial charge in [-0.2, -0.15) is 0 Å². The van der Waals surface area contributed by atoms with Crippen molar-refractivity contribution >= 4 is 11.9 Å². The summed E-state index contributed by atoms with van der Waals surface area (Å²) in [4.78, 5) is 21.3. The first-order chi connectivity index (χ1) is 5.08. The van der Waals surface area contributed by atoms with Gasteiger partial charge in [0.15, 0.2) is 5.60 Å². The highest BCUT2D eigenvalue weighted by Gasteiger charge is 2.46. The van der Waals surface area contributed by atoms with Crippen LogP contribution in [-0.4, -0.2) is 22.6 Å². The minimum absolute atomic E-state index is 0. The summed E-state index contributed by atoms with van der Waals surface area (Å²) in [7, 11) is 0. The molecule has 12 heavy (non-hydrogen) atoms. The van der Waals surface area contributed by atoms with Gasteiger partial charge < -0.3 is 9.84 Å². The summed E-state index contributed by atoms with van der Waals surface area (Å²) in [5.41, 5.74) is -1.65. The Bertz CT molecular complexity index is 221. The smallest absolute Gasteiger partial charge is 0.346 e. The van der Waals surface area contributed by atoms with E-state index in [1.54, 1.807) is 0 Å². The van der Waals surface area contributed by atoms with Gasteiger partial charge >= 0.3 is 11.9 Å². The van der Waals surface area contributed by atoms with E-state index >= 15 is 0 Å². The van der Waals surface area contributed by atoms with Gasteiger partial charge in [-0.3, -0.25) is 4.79 Å². The van der Waals surface area contributed by atoms with Gasteiger partial charge in [-0.05, 0) is 0 Å². The van der Waals surface area contributed by atoms with Crippen LogP contribution < -0.4 is 0 Å². The number of cyclic esters (lactones) is 2. The minimum Gasteiger partial charge on any atom is -0.391 e. The third-order valence-electron chi connectivity index (χ3n) is 1.51. The maximum absolute atomic E-state index is 10.8. The summed E-state index contributed by atoms with van der Waals surface area (Å²) in [6.45, 7) is 3.35. The van der Waals surface area contributed by atoms with Gasteiger partial charge in [0, 0.05) is 6.42 Å². The minimum atomic E-state index is -1.65. The molecule has 0 saturated carbocycles. The SMILES string of the molecule is C.C=CCC1(O)CC(=O)OC1=O. The van der Waals surface area contributed by atoms with Gasteiger partial charge in [0.25, 0.3) is 0 Å². The van der Waals surface area contributed by atoms with E-state index < -0.39 is 17.5 Å². The molecule has 0 radical (unpaired) electrons. The summed E-state index contributed by atoms with van der Waals surface area (Å²) in [6, 6.07) is 0. The summed E-state index contributed by atoms with van der Waals surface area (Å²) in [5, 5.41) is 9.36. The molecule has 0 bridgehead atoms. The number of carbonyl (C=O) groups excluding carboxylic acids is 2. The summed E-state index contributed by atoms with van der Waals surface area (Å²) >= 11 is 0. The standard InChI is InChI=1S/C7H8O4.CH4/c1-2-3-7(10)4-5(8)11-6(7)9;/h2,10H,1,3-4H2;1H4. The molecular formula is C8H12O4. The fourth-order valence-corrected chi connectivity index (χ4v) is 0.940. The lowest BCUT2D eigenvalue weighted by Gasteiger charge is -2.12. The molecule has 1 unspecified atom stereocenters. The number of rotatable bonds is 2. The lowest BCUT2D eigenvalue weighted by Crippen LogP contribution is -2.33. The first-order valence-electron chi connectivity index (χ1n) is 3.17. The van der Waals surface area contributed by atoms with Crippen molar-refractivity contribution in [1.82, 2.24) is 0 Å². The number of aliphatic hydroxyl groups is 1. The average Bonchev–Trinajstić information content (AvgIpc) is 2.08. The van der Waals surface area contributed by atoms with Gasteiger partial charge in [0.05, 0.1) is 6.42 Å². The van der Waals surface area contributed by atoms with Crippen LogP contribution in [0.5, 0.6) is 0 Å². The number of esters is 2.